The number of nitrogens with one attached hydrogen (secondary N) is 1. The number of anilines is 1. The number of nitrogens with zero attached hydrogens (tertiary/aromatic N) is 1. The number of ether oxygens (including phenoxy) is 1. The zero-order valence-electron chi connectivity index (χ0n) is 13.7. The lowest BCUT2D eigenvalue weighted by Gasteiger charge is -2.29. The van der Waals surface area contributed by atoms with E-state index in [1.165, 1.54) is 0 Å². The molecule has 0 unspecified atom stereocenters. The molecule has 0 bridgehead atoms. The van der Waals surface area contributed by atoms with Gasteiger partial charge >= 0.3 is 0 Å². The number of hydrogen-bond acceptors (Lipinski definition) is 4. The molecule has 1 aliphatic heterocycles. The molecule has 0 atom stereocenters. The number of amides is 2. The molecule has 0 saturated carbocycles. The molecule has 0 fully saturated rings. The number of para-hydroxylation sites is 2. The van der Waals surface area contributed by atoms with Crippen molar-refractivity contribution in [1.29, 1.82) is 0 Å². The highest BCUT2D eigenvalue weighted by Crippen LogP contribution is 2.32. The first-order chi connectivity index (χ1) is 12.6. The molecule has 0 aliphatic carbocycles. The van der Waals surface area contributed by atoms with Crippen LogP contribution in [0.4, 0.5) is 5.69 Å². The molecule has 132 valence electrons. The van der Waals surface area contributed by atoms with Crippen molar-refractivity contribution in [2.75, 3.05) is 24.6 Å². The van der Waals surface area contributed by atoms with Gasteiger partial charge in [0.2, 0.25) is 0 Å². The van der Waals surface area contributed by atoms with E-state index in [9.17, 15) is 9.59 Å². The summed E-state index contributed by atoms with van der Waals surface area (Å²) < 4.78 is 7.54. The van der Waals surface area contributed by atoms with Crippen LogP contribution in [0.3, 0.4) is 0 Å². The Morgan fingerprint density at radius 3 is 3.00 bits per heavy atom. The van der Waals surface area contributed by atoms with E-state index in [-0.39, 0.29) is 18.4 Å². The molecule has 26 heavy (non-hydrogen) atoms. The van der Waals surface area contributed by atoms with Gasteiger partial charge in [0.25, 0.3) is 11.8 Å². The van der Waals surface area contributed by atoms with Gasteiger partial charge in [0.15, 0.2) is 6.61 Å². The van der Waals surface area contributed by atoms with Crippen molar-refractivity contribution in [3.8, 4) is 5.75 Å². The number of carbonyl (C=O) groups is 2. The average Bonchev–Trinajstić information content (AvgIpc) is 3.04. The smallest absolute Gasteiger partial charge is 0.265 e. The van der Waals surface area contributed by atoms with E-state index in [1.807, 2.05) is 47.8 Å². The van der Waals surface area contributed by atoms with Crippen molar-refractivity contribution in [3.63, 3.8) is 0 Å². The molecule has 0 spiro atoms. The highest BCUT2D eigenvalue weighted by atomic mass is 79.9. The molecule has 1 aliphatic rings. The van der Waals surface area contributed by atoms with Gasteiger partial charge in [-0.3, -0.25) is 9.59 Å². The normalized spacial score (nSPS) is 13.4. The van der Waals surface area contributed by atoms with E-state index < -0.39 is 0 Å². The van der Waals surface area contributed by atoms with Crippen molar-refractivity contribution >= 4 is 54.9 Å². The Balaban J connectivity index is 1.43. The van der Waals surface area contributed by atoms with Gasteiger partial charge in [0.05, 0.1) is 5.69 Å². The molecular weight excluding hydrogens is 416 g/mol. The largest absolute Gasteiger partial charge is 0.482 e. The fourth-order valence-corrected chi connectivity index (χ4v) is 4.46. The second-order valence-corrected chi connectivity index (χ2v) is 7.62. The van der Waals surface area contributed by atoms with Crippen LogP contribution in [0.2, 0.25) is 0 Å². The Morgan fingerprint density at radius 1 is 1.27 bits per heavy atom. The molecule has 2 heterocycles. The van der Waals surface area contributed by atoms with Crippen molar-refractivity contribution < 1.29 is 14.3 Å². The van der Waals surface area contributed by atoms with Gasteiger partial charge in [-0.15, -0.1) is 11.3 Å². The first-order valence-electron chi connectivity index (χ1n) is 8.10. The number of hydrogen-bond donors (Lipinski definition) is 1. The highest BCUT2D eigenvalue weighted by Gasteiger charge is 2.24. The first kappa shape index (κ1) is 17.1. The third-order valence-electron chi connectivity index (χ3n) is 4.22. The van der Waals surface area contributed by atoms with Gasteiger partial charge in [-0.2, -0.15) is 0 Å². The van der Waals surface area contributed by atoms with Crippen molar-refractivity contribution in [1.82, 2.24) is 5.32 Å². The minimum Gasteiger partial charge on any atom is -0.482 e. The average molecular weight is 431 g/mol. The fourth-order valence-electron chi connectivity index (χ4n) is 2.92. The van der Waals surface area contributed by atoms with Crippen LogP contribution in [-0.4, -0.2) is 31.5 Å². The van der Waals surface area contributed by atoms with E-state index in [0.29, 0.717) is 24.4 Å². The topological polar surface area (TPSA) is 58.6 Å². The molecule has 3 aromatic rings. The lowest BCUT2D eigenvalue weighted by molar-refractivity contribution is -0.121. The summed E-state index contributed by atoms with van der Waals surface area (Å²) in [5, 5.41) is 5.92. The maximum absolute atomic E-state index is 12.4. The Kier molecular flexibility index (Phi) is 4.65. The van der Waals surface area contributed by atoms with Crippen molar-refractivity contribution in [2.24, 2.45) is 0 Å². The summed E-state index contributed by atoms with van der Waals surface area (Å²) >= 11 is 5.13. The van der Waals surface area contributed by atoms with Gasteiger partial charge < -0.3 is 15.0 Å². The van der Waals surface area contributed by atoms with Gasteiger partial charge in [-0.1, -0.05) is 12.1 Å². The Bertz CT molecular complexity index is 1000. The van der Waals surface area contributed by atoms with Crippen LogP contribution in [0.5, 0.6) is 5.75 Å². The van der Waals surface area contributed by atoms with E-state index in [2.05, 4.69) is 21.2 Å². The van der Waals surface area contributed by atoms with E-state index in [4.69, 9.17) is 4.74 Å². The standard InChI is InChI=1S/C19H15BrN2O3S/c20-14-11-26-17-6-5-12(9-13(14)17)19(24)21-7-8-22-15-3-1-2-4-16(15)25-10-18(22)23/h1-6,9,11H,7-8,10H2,(H,21,24). The van der Waals surface area contributed by atoms with Crippen LogP contribution in [0, 0.1) is 0 Å². The first-order valence-corrected chi connectivity index (χ1v) is 9.78. The van der Waals surface area contributed by atoms with Gasteiger partial charge in [0.1, 0.15) is 5.75 Å². The maximum atomic E-state index is 12.4. The van der Waals surface area contributed by atoms with Gasteiger partial charge in [-0.05, 0) is 46.3 Å². The monoisotopic (exact) mass is 430 g/mol. The van der Waals surface area contributed by atoms with Gasteiger partial charge in [-0.25, -0.2) is 0 Å². The molecular formula is C19H15BrN2O3S. The quantitative estimate of drug-likeness (QED) is 0.684. The van der Waals surface area contributed by atoms with Crippen LogP contribution < -0.4 is 15.0 Å². The number of benzene rings is 2. The minimum atomic E-state index is -0.154. The van der Waals surface area contributed by atoms with Crippen LogP contribution in [0.15, 0.2) is 52.3 Å². The Hall–Kier alpha value is -2.38. The van der Waals surface area contributed by atoms with Crippen LogP contribution in [0.1, 0.15) is 10.4 Å². The molecule has 2 amide bonds. The van der Waals surface area contributed by atoms with Crippen molar-refractivity contribution in [2.45, 2.75) is 0 Å². The summed E-state index contributed by atoms with van der Waals surface area (Å²) in [7, 11) is 0. The van der Waals surface area contributed by atoms with Crippen molar-refractivity contribution in [3.05, 3.63) is 57.9 Å². The minimum absolute atomic E-state index is 0.0216. The van der Waals surface area contributed by atoms with Crippen LogP contribution in [0.25, 0.3) is 10.1 Å². The fraction of sp³-hybridized carbons (Fsp3) is 0.158. The molecule has 1 N–H and O–H groups in total. The van der Waals surface area contributed by atoms with E-state index >= 15 is 0 Å². The lowest BCUT2D eigenvalue weighted by Crippen LogP contribution is -2.43. The zero-order valence-corrected chi connectivity index (χ0v) is 16.1. The van der Waals surface area contributed by atoms with E-state index in [0.717, 1.165) is 20.2 Å². The molecule has 7 heteroatoms. The summed E-state index contributed by atoms with van der Waals surface area (Å²) in [6.45, 7) is 0.783. The summed E-state index contributed by atoms with van der Waals surface area (Å²) in [6.07, 6.45) is 0. The molecule has 5 nitrogen and oxygen atoms in total. The summed E-state index contributed by atoms with van der Waals surface area (Å²) in [5.74, 6) is 0.423. The third kappa shape index (κ3) is 3.20. The maximum Gasteiger partial charge on any atom is 0.265 e. The molecule has 2 aromatic carbocycles. The third-order valence-corrected chi connectivity index (χ3v) is 6.14. The molecule has 1 aromatic heterocycles. The second kappa shape index (κ2) is 7.09. The number of fused-ring (bicyclic) bond motifs is 2. The van der Waals surface area contributed by atoms with E-state index in [1.54, 1.807) is 16.2 Å². The number of rotatable bonds is 4. The number of carbonyl (C=O) groups excluding carboxylic acids is 2. The highest BCUT2D eigenvalue weighted by molar-refractivity contribution is 9.10. The predicted molar refractivity (Wildman–Crippen MR) is 106 cm³/mol. The number of halogens is 1. The summed E-state index contributed by atoms with van der Waals surface area (Å²) in [5.41, 5.74) is 1.34. The summed E-state index contributed by atoms with van der Waals surface area (Å²) in [6, 6.07) is 13.0. The Labute approximate surface area is 162 Å². The van der Waals surface area contributed by atoms with Crippen LogP contribution >= 0.6 is 27.3 Å². The molecule has 0 radical (unpaired) electrons. The SMILES string of the molecule is O=C(NCCN1C(=O)COc2ccccc21)c1ccc2scc(Br)c2c1. The summed E-state index contributed by atoms with van der Waals surface area (Å²) in [4.78, 5) is 26.2. The zero-order chi connectivity index (χ0) is 18.1. The van der Waals surface area contributed by atoms with Crippen LogP contribution in [-0.2, 0) is 4.79 Å². The van der Waals surface area contributed by atoms with Gasteiger partial charge in [0, 0.05) is 38.6 Å². The second-order valence-electron chi connectivity index (χ2n) is 5.85. The molecule has 0 saturated heterocycles. The molecule has 4 rings (SSSR count). The predicted octanol–water partition coefficient (Wildman–Crippen LogP) is 3.82. The lowest BCUT2D eigenvalue weighted by atomic mass is 10.1. The number of thiophene rings is 1. The Morgan fingerprint density at radius 2 is 2.12 bits per heavy atom.